The lowest BCUT2D eigenvalue weighted by molar-refractivity contribution is 0.768. The average Bonchev–Trinajstić information content (AvgIpc) is 2.82. The number of hydrogen-bond acceptors (Lipinski definition) is 3. The second-order valence-electron chi connectivity index (χ2n) is 3.72. The van der Waals surface area contributed by atoms with Gasteiger partial charge in [-0.3, -0.25) is 0 Å². The maximum atomic E-state index is 5.74. The Bertz CT molecular complexity index is 490. The van der Waals surface area contributed by atoms with Crippen LogP contribution in [0.5, 0.6) is 0 Å². The molecule has 0 amide bonds. The van der Waals surface area contributed by atoms with E-state index in [1.165, 1.54) is 0 Å². The summed E-state index contributed by atoms with van der Waals surface area (Å²) in [4.78, 5) is 8.80. The van der Waals surface area contributed by atoms with Gasteiger partial charge in [-0.25, -0.2) is 9.97 Å². The zero-order chi connectivity index (χ0) is 12.3. The third-order valence-electron chi connectivity index (χ3n) is 2.53. The van der Waals surface area contributed by atoms with Gasteiger partial charge < -0.3 is 0 Å². The van der Waals surface area contributed by atoms with Crippen LogP contribution in [-0.2, 0) is 18.7 Å². The molecule has 2 rings (SSSR count). The maximum Gasteiger partial charge on any atom is 0.155 e. The van der Waals surface area contributed by atoms with Gasteiger partial charge in [0.15, 0.2) is 11.6 Å². The molecule has 17 heavy (non-hydrogen) atoms. The lowest BCUT2D eigenvalue weighted by Crippen LogP contribution is -2.04. The Hall–Kier alpha value is -1.42. The summed E-state index contributed by atoms with van der Waals surface area (Å²) in [5.41, 5.74) is 1.00. The Morgan fingerprint density at radius 3 is 2.59 bits per heavy atom. The van der Waals surface area contributed by atoms with Crippen molar-refractivity contribution in [2.45, 2.75) is 32.6 Å². The maximum absolute atomic E-state index is 5.74. The number of hydrogen-bond donors (Lipinski definition) is 0. The van der Waals surface area contributed by atoms with E-state index in [1.54, 1.807) is 10.9 Å². The highest BCUT2D eigenvalue weighted by Gasteiger charge is 2.09. The summed E-state index contributed by atoms with van der Waals surface area (Å²) in [5.74, 6) is 3.06. The summed E-state index contributed by atoms with van der Waals surface area (Å²) in [6.07, 6.45) is 3.45. The molecule has 0 aliphatic rings. The second kappa shape index (κ2) is 5.27. The molecule has 0 saturated carbocycles. The first-order valence-electron chi connectivity index (χ1n) is 5.74. The van der Waals surface area contributed by atoms with Crippen molar-refractivity contribution in [1.29, 1.82) is 0 Å². The Kier molecular flexibility index (Phi) is 3.74. The van der Waals surface area contributed by atoms with Crippen LogP contribution in [0.3, 0.4) is 0 Å². The monoisotopic (exact) mass is 250 g/mol. The first-order valence-corrected chi connectivity index (χ1v) is 6.28. The number of halogens is 1. The fraction of sp³-hybridized carbons (Fsp3) is 0.417. The molecule has 0 saturated heterocycles. The number of nitrogens with zero attached hydrogens (tertiary/aromatic N) is 4. The van der Waals surface area contributed by atoms with Gasteiger partial charge in [-0.2, -0.15) is 4.68 Å². The zero-order valence-corrected chi connectivity index (χ0v) is 10.8. The van der Waals surface area contributed by atoms with Crippen molar-refractivity contribution >= 4 is 11.6 Å². The molecule has 4 nitrogen and oxygen atoms in total. The van der Waals surface area contributed by atoms with Gasteiger partial charge >= 0.3 is 0 Å². The smallest absolute Gasteiger partial charge is 0.155 e. The van der Waals surface area contributed by atoms with E-state index in [-0.39, 0.29) is 0 Å². The van der Waals surface area contributed by atoms with Crippen molar-refractivity contribution in [3.05, 3.63) is 35.5 Å². The van der Waals surface area contributed by atoms with E-state index < -0.39 is 0 Å². The first-order chi connectivity index (χ1) is 8.28. The summed E-state index contributed by atoms with van der Waals surface area (Å²) in [6.45, 7) is 4.11. The van der Waals surface area contributed by atoms with Crippen LogP contribution in [0.15, 0.2) is 18.3 Å². The summed E-state index contributed by atoms with van der Waals surface area (Å²) in [6, 6.07) is 3.88. The van der Waals surface area contributed by atoms with Crippen LogP contribution in [0.25, 0.3) is 5.82 Å². The van der Waals surface area contributed by atoms with Gasteiger partial charge in [0.1, 0.15) is 5.82 Å². The Labute approximate surface area is 106 Å². The van der Waals surface area contributed by atoms with E-state index in [0.717, 1.165) is 35.9 Å². The molecule has 0 aliphatic heterocycles. The first kappa shape index (κ1) is 12.0. The standard InChI is InChI=1S/C12H15ClN4/c1-3-10-15-11(4-2)17(16-10)12-6-5-9(7-13)8-14-12/h5-6,8H,3-4,7H2,1-2H3. The quantitative estimate of drug-likeness (QED) is 0.784. The molecule has 0 aromatic carbocycles. The minimum absolute atomic E-state index is 0.478. The Balaban J connectivity index is 2.40. The van der Waals surface area contributed by atoms with Crippen LogP contribution >= 0.6 is 11.6 Å². The minimum Gasteiger partial charge on any atom is -0.237 e. The van der Waals surface area contributed by atoms with Crippen molar-refractivity contribution in [2.24, 2.45) is 0 Å². The fourth-order valence-electron chi connectivity index (χ4n) is 1.57. The van der Waals surface area contributed by atoms with E-state index in [9.17, 15) is 0 Å². The molecule has 0 radical (unpaired) electrons. The van der Waals surface area contributed by atoms with Crippen molar-refractivity contribution in [3.63, 3.8) is 0 Å². The molecule has 90 valence electrons. The molecule has 0 N–H and O–H groups in total. The van der Waals surface area contributed by atoms with Gasteiger partial charge in [0, 0.05) is 24.9 Å². The largest absolute Gasteiger partial charge is 0.237 e. The molecular formula is C12H15ClN4. The molecule has 0 bridgehead atoms. The molecule has 5 heteroatoms. The average molecular weight is 251 g/mol. The van der Waals surface area contributed by atoms with Crippen molar-refractivity contribution in [2.75, 3.05) is 0 Å². The predicted molar refractivity (Wildman–Crippen MR) is 67.5 cm³/mol. The van der Waals surface area contributed by atoms with Crippen LogP contribution in [0.1, 0.15) is 31.1 Å². The SMILES string of the molecule is CCc1nc(CC)n(-c2ccc(CCl)cn2)n1. The van der Waals surface area contributed by atoms with Crippen LogP contribution in [0.4, 0.5) is 0 Å². The van der Waals surface area contributed by atoms with Gasteiger partial charge in [-0.05, 0) is 11.6 Å². The van der Waals surface area contributed by atoms with E-state index >= 15 is 0 Å². The molecule has 0 spiro atoms. The van der Waals surface area contributed by atoms with Crippen molar-refractivity contribution < 1.29 is 0 Å². The molecule has 0 atom stereocenters. The van der Waals surface area contributed by atoms with Crippen LogP contribution in [0.2, 0.25) is 0 Å². The molecule has 0 aliphatic carbocycles. The molecule has 0 fully saturated rings. The van der Waals surface area contributed by atoms with E-state index in [1.807, 2.05) is 19.1 Å². The fourth-order valence-corrected chi connectivity index (χ4v) is 1.73. The van der Waals surface area contributed by atoms with Gasteiger partial charge in [0.05, 0.1) is 0 Å². The van der Waals surface area contributed by atoms with Crippen molar-refractivity contribution in [3.8, 4) is 5.82 Å². The Morgan fingerprint density at radius 2 is 2.06 bits per heavy atom. The number of aryl methyl sites for hydroxylation is 2. The summed E-state index contributed by atoms with van der Waals surface area (Å²) < 4.78 is 1.80. The Morgan fingerprint density at radius 1 is 1.24 bits per heavy atom. The summed E-state index contributed by atoms with van der Waals surface area (Å²) in [7, 11) is 0. The number of pyridine rings is 1. The topological polar surface area (TPSA) is 43.6 Å². The lowest BCUT2D eigenvalue weighted by atomic mass is 10.3. The molecule has 0 unspecified atom stereocenters. The second-order valence-corrected chi connectivity index (χ2v) is 3.99. The normalized spacial score (nSPS) is 10.8. The van der Waals surface area contributed by atoms with E-state index in [2.05, 4.69) is 22.0 Å². The summed E-state index contributed by atoms with van der Waals surface area (Å²) >= 11 is 5.74. The highest BCUT2D eigenvalue weighted by atomic mass is 35.5. The van der Waals surface area contributed by atoms with Gasteiger partial charge in [-0.1, -0.05) is 19.9 Å². The molecule has 2 aromatic rings. The third-order valence-corrected chi connectivity index (χ3v) is 2.84. The third kappa shape index (κ3) is 2.47. The highest BCUT2D eigenvalue weighted by molar-refractivity contribution is 6.17. The van der Waals surface area contributed by atoms with Gasteiger partial charge in [0.2, 0.25) is 0 Å². The van der Waals surface area contributed by atoms with E-state index in [4.69, 9.17) is 11.6 Å². The number of alkyl halides is 1. The number of rotatable bonds is 4. The number of aromatic nitrogens is 4. The zero-order valence-electron chi connectivity index (χ0n) is 10.0. The lowest BCUT2D eigenvalue weighted by Gasteiger charge is -2.03. The van der Waals surface area contributed by atoms with E-state index in [0.29, 0.717) is 5.88 Å². The molecule has 2 heterocycles. The van der Waals surface area contributed by atoms with Crippen LogP contribution < -0.4 is 0 Å². The van der Waals surface area contributed by atoms with Gasteiger partial charge in [0.25, 0.3) is 0 Å². The summed E-state index contributed by atoms with van der Waals surface area (Å²) in [5, 5.41) is 4.44. The molecule has 2 aromatic heterocycles. The van der Waals surface area contributed by atoms with Gasteiger partial charge in [-0.15, -0.1) is 16.7 Å². The van der Waals surface area contributed by atoms with Crippen LogP contribution in [-0.4, -0.2) is 19.7 Å². The minimum atomic E-state index is 0.478. The predicted octanol–water partition coefficient (Wildman–Crippen LogP) is 2.53. The van der Waals surface area contributed by atoms with Crippen molar-refractivity contribution in [1.82, 2.24) is 19.7 Å². The van der Waals surface area contributed by atoms with Crippen LogP contribution in [0, 0.1) is 0 Å². The highest BCUT2D eigenvalue weighted by Crippen LogP contribution is 2.10. The molecular weight excluding hydrogens is 236 g/mol.